The average Bonchev–Trinajstić information content (AvgIpc) is 3.57. The predicted octanol–water partition coefficient (Wildman–Crippen LogP) is 12.4. The molecule has 0 fully saturated rings. The average molecular weight is 652 g/mol. The summed E-state index contributed by atoms with van der Waals surface area (Å²) in [7, 11) is 0. The standard InChI is InChI=1S/C47H29N3O/c1-3-14-31(15-4-1)45-48-46(32-16-5-2-6-17-32)50-47(49-45)42-28-37(27-41-40-26-34-18-7-8-19-35(34)29-43(40)51-44(41)42)33-21-11-22-36(25-33)39-24-12-20-30-13-9-10-23-38(30)39/h1-29H. The van der Waals surface area contributed by atoms with Crippen molar-refractivity contribution >= 4 is 43.5 Å². The Labute approximate surface area is 294 Å². The number of hydrogen-bond acceptors (Lipinski definition) is 4. The molecule has 0 N–H and O–H groups in total. The van der Waals surface area contributed by atoms with Gasteiger partial charge in [0.2, 0.25) is 0 Å². The summed E-state index contributed by atoms with van der Waals surface area (Å²) in [6.45, 7) is 0. The van der Waals surface area contributed by atoms with Gasteiger partial charge in [-0.15, -0.1) is 0 Å². The van der Waals surface area contributed by atoms with Crippen molar-refractivity contribution in [2.24, 2.45) is 0 Å². The first-order chi connectivity index (χ1) is 25.2. The molecule has 238 valence electrons. The van der Waals surface area contributed by atoms with Crippen LogP contribution >= 0.6 is 0 Å². The highest BCUT2D eigenvalue weighted by molar-refractivity contribution is 6.14. The molecule has 2 aromatic heterocycles. The van der Waals surface area contributed by atoms with Gasteiger partial charge in [0.25, 0.3) is 0 Å². The molecule has 0 bridgehead atoms. The third kappa shape index (κ3) is 5.13. The minimum Gasteiger partial charge on any atom is -0.455 e. The maximum absolute atomic E-state index is 6.77. The molecule has 0 unspecified atom stereocenters. The number of furan rings is 1. The maximum Gasteiger partial charge on any atom is 0.167 e. The highest BCUT2D eigenvalue weighted by Crippen LogP contribution is 2.41. The smallest absolute Gasteiger partial charge is 0.167 e. The van der Waals surface area contributed by atoms with Crippen molar-refractivity contribution in [1.29, 1.82) is 0 Å². The summed E-state index contributed by atoms with van der Waals surface area (Å²) in [4.78, 5) is 15.2. The Morgan fingerprint density at radius 1 is 0.314 bits per heavy atom. The second-order valence-electron chi connectivity index (χ2n) is 12.8. The van der Waals surface area contributed by atoms with Crippen LogP contribution in [0.5, 0.6) is 0 Å². The first-order valence-electron chi connectivity index (χ1n) is 17.1. The molecule has 0 aliphatic rings. The minimum atomic E-state index is 0.559. The third-order valence-corrected chi connectivity index (χ3v) is 9.68. The van der Waals surface area contributed by atoms with E-state index in [-0.39, 0.29) is 0 Å². The zero-order valence-electron chi connectivity index (χ0n) is 27.5. The fourth-order valence-corrected chi connectivity index (χ4v) is 7.17. The van der Waals surface area contributed by atoms with Gasteiger partial charge < -0.3 is 4.42 Å². The van der Waals surface area contributed by atoms with Gasteiger partial charge in [0.15, 0.2) is 17.5 Å². The highest BCUT2D eigenvalue weighted by Gasteiger charge is 2.20. The Balaban J connectivity index is 1.25. The zero-order valence-corrected chi connectivity index (χ0v) is 27.5. The van der Waals surface area contributed by atoms with Crippen LogP contribution < -0.4 is 0 Å². The van der Waals surface area contributed by atoms with E-state index in [0.29, 0.717) is 17.5 Å². The molecule has 10 aromatic rings. The predicted molar refractivity (Wildman–Crippen MR) is 209 cm³/mol. The maximum atomic E-state index is 6.77. The molecule has 0 aliphatic carbocycles. The molecular weight excluding hydrogens is 623 g/mol. The molecule has 0 atom stereocenters. The normalized spacial score (nSPS) is 11.5. The lowest BCUT2D eigenvalue weighted by molar-refractivity contribution is 0.670. The van der Waals surface area contributed by atoms with Crippen LogP contribution in [0.4, 0.5) is 0 Å². The van der Waals surface area contributed by atoms with Crippen LogP contribution in [0, 0.1) is 0 Å². The van der Waals surface area contributed by atoms with E-state index in [1.807, 2.05) is 60.7 Å². The molecule has 0 aliphatic heterocycles. The molecule has 4 heteroatoms. The van der Waals surface area contributed by atoms with Crippen LogP contribution in [0.3, 0.4) is 0 Å². The van der Waals surface area contributed by atoms with Crippen LogP contribution in [-0.2, 0) is 0 Å². The van der Waals surface area contributed by atoms with E-state index in [0.717, 1.165) is 66.1 Å². The van der Waals surface area contributed by atoms with Gasteiger partial charge >= 0.3 is 0 Å². The van der Waals surface area contributed by atoms with E-state index in [4.69, 9.17) is 19.4 Å². The van der Waals surface area contributed by atoms with Gasteiger partial charge in [-0.2, -0.15) is 0 Å². The Hall–Kier alpha value is -6.91. The minimum absolute atomic E-state index is 0.559. The molecule has 2 heterocycles. The van der Waals surface area contributed by atoms with E-state index in [1.54, 1.807) is 0 Å². The molecule has 51 heavy (non-hydrogen) atoms. The molecule has 0 amide bonds. The van der Waals surface area contributed by atoms with Crippen molar-refractivity contribution in [3.8, 4) is 56.4 Å². The molecule has 4 nitrogen and oxygen atoms in total. The molecule has 0 saturated heterocycles. The van der Waals surface area contributed by atoms with E-state index in [2.05, 4.69) is 115 Å². The first-order valence-corrected chi connectivity index (χ1v) is 17.1. The second-order valence-corrected chi connectivity index (χ2v) is 12.8. The SMILES string of the molecule is c1ccc(-c2nc(-c3ccccc3)nc(-c3cc(-c4cccc(-c5cccc6ccccc56)c4)cc4c3oc3cc5ccccc5cc34)n2)cc1. The summed E-state index contributed by atoms with van der Waals surface area (Å²) < 4.78 is 6.77. The van der Waals surface area contributed by atoms with Crippen molar-refractivity contribution in [2.45, 2.75) is 0 Å². The Bertz CT molecular complexity index is 2850. The van der Waals surface area contributed by atoms with Crippen LogP contribution in [-0.4, -0.2) is 15.0 Å². The molecular formula is C47H29N3O. The fraction of sp³-hybridized carbons (Fsp3) is 0. The second kappa shape index (κ2) is 11.9. The molecule has 0 spiro atoms. The monoisotopic (exact) mass is 651 g/mol. The van der Waals surface area contributed by atoms with E-state index in [1.165, 1.54) is 16.3 Å². The van der Waals surface area contributed by atoms with Gasteiger partial charge in [-0.05, 0) is 74.1 Å². The zero-order chi connectivity index (χ0) is 33.7. The van der Waals surface area contributed by atoms with Crippen molar-refractivity contribution in [3.05, 3.63) is 176 Å². The number of benzene rings is 8. The summed E-state index contributed by atoms with van der Waals surface area (Å²) in [5, 5.41) is 6.81. The van der Waals surface area contributed by atoms with Crippen LogP contribution in [0.2, 0.25) is 0 Å². The molecule has 8 aromatic carbocycles. The lowest BCUT2D eigenvalue weighted by Crippen LogP contribution is -2.00. The Morgan fingerprint density at radius 3 is 1.63 bits per heavy atom. The summed E-state index contributed by atoms with van der Waals surface area (Å²) in [5.74, 6) is 1.78. The van der Waals surface area contributed by atoms with E-state index < -0.39 is 0 Å². The lowest BCUT2D eigenvalue weighted by Gasteiger charge is -2.12. The first kappa shape index (κ1) is 29.0. The molecule has 10 rings (SSSR count). The number of nitrogens with zero attached hydrogens (tertiary/aromatic N) is 3. The van der Waals surface area contributed by atoms with E-state index >= 15 is 0 Å². The molecule has 0 saturated carbocycles. The third-order valence-electron chi connectivity index (χ3n) is 9.68. The number of rotatable bonds is 5. The topological polar surface area (TPSA) is 51.8 Å². The van der Waals surface area contributed by atoms with Gasteiger partial charge in [-0.1, -0.05) is 146 Å². The van der Waals surface area contributed by atoms with Gasteiger partial charge in [-0.25, -0.2) is 15.0 Å². The number of hydrogen-bond donors (Lipinski definition) is 0. The van der Waals surface area contributed by atoms with Gasteiger partial charge in [-0.3, -0.25) is 0 Å². The highest BCUT2D eigenvalue weighted by atomic mass is 16.3. The van der Waals surface area contributed by atoms with Crippen LogP contribution in [0.15, 0.2) is 180 Å². The van der Waals surface area contributed by atoms with Crippen LogP contribution in [0.25, 0.3) is 99.9 Å². The van der Waals surface area contributed by atoms with Gasteiger partial charge in [0.1, 0.15) is 11.2 Å². The molecule has 0 radical (unpaired) electrons. The van der Waals surface area contributed by atoms with Crippen molar-refractivity contribution in [1.82, 2.24) is 15.0 Å². The number of aromatic nitrogens is 3. The summed E-state index contributed by atoms with van der Waals surface area (Å²) in [5.41, 5.74) is 8.74. The fourth-order valence-electron chi connectivity index (χ4n) is 7.17. The van der Waals surface area contributed by atoms with Crippen molar-refractivity contribution < 1.29 is 4.42 Å². The van der Waals surface area contributed by atoms with Crippen molar-refractivity contribution in [3.63, 3.8) is 0 Å². The van der Waals surface area contributed by atoms with Gasteiger partial charge in [0, 0.05) is 21.9 Å². The van der Waals surface area contributed by atoms with Gasteiger partial charge in [0.05, 0.1) is 5.56 Å². The lowest BCUT2D eigenvalue weighted by atomic mass is 9.93. The summed E-state index contributed by atoms with van der Waals surface area (Å²) in [6.07, 6.45) is 0. The van der Waals surface area contributed by atoms with E-state index in [9.17, 15) is 0 Å². The summed E-state index contributed by atoms with van der Waals surface area (Å²) in [6, 6.07) is 61.2. The largest absolute Gasteiger partial charge is 0.455 e. The van der Waals surface area contributed by atoms with Crippen LogP contribution in [0.1, 0.15) is 0 Å². The quantitative estimate of drug-likeness (QED) is 0.186. The van der Waals surface area contributed by atoms with Crippen molar-refractivity contribution in [2.75, 3.05) is 0 Å². The summed E-state index contributed by atoms with van der Waals surface area (Å²) >= 11 is 0. The Kier molecular flexibility index (Phi) is 6.78. The Morgan fingerprint density at radius 2 is 0.882 bits per heavy atom. The number of fused-ring (bicyclic) bond motifs is 5.